The zero-order valence-electron chi connectivity index (χ0n) is 9.58. The van der Waals surface area contributed by atoms with Crippen molar-refractivity contribution < 1.29 is 9.53 Å². The van der Waals surface area contributed by atoms with E-state index in [9.17, 15) is 4.79 Å². The number of fused-ring (bicyclic) bond motifs is 2. The largest absolute Gasteiger partial charge is 0.373 e. The van der Waals surface area contributed by atoms with E-state index >= 15 is 0 Å². The number of rotatable bonds is 3. The highest BCUT2D eigenvalue weighted by Crippen LogP contribution is 2.41. The quantitative estimate of drug-likeness (QED) is 0.736. The number of nitrogens with two attached hydrogens (primary N) is 1. The van der Waals surface area contributed by atoms with Crippen LogP contribution in [-0.4, -0.2) is 30.7 Å². The molecule has 2 saturated heterocycles. The molecule has 16 heavy (non-hydrogen) atoms. The lowest BCUT2D eigenvalue weighted by Crippen LogP contribution is -2.54. The summed E-state index contributed by atoms with van der Waals surface area (Å²) in [6.45, 7) is 0.487. The van der Waals surface area contributed by atoms with E-state index in [4.69, 9.17) is 10.5 Å². The predicted octanol–water partition coefficient (Wildman–Crippen LogP) is 0.551. The molecule has 2 bridgehead atoms. The topological polar surface area (TPSA) is 64.4 Å². The summed E-state index contributed by atoms with van der Waals surface area (Å²) in [6.07, 6.45) is 6.97. The van der Waals surface area contributed by atoms with Crippen LogP contribution in [0.2, 0.25) is 0 Å². The van der Waals surface area contributed by atoms with E-state index in [1.165, 1.54) is 6.42 Å². The molecule has 0 spiro atoms. The Hall–Kier alpha value is -0.610. The van der Waals surface area contributed by atoms with Crippen LogP contribution < -0.4 is 11.1 Å². The SMILES string of the molecule is NCC1(C(=O)NC2CC3CCC2O3)CCC1. The Morgan fingerprint density at radius 3 is 2.69 bits per heavy atom. The normalized spacial score (nSPS) is 39.4. The third kappa shape index (κ3) is 1.47. The minimum Gasteiger partial charge on any atom is -0.373 e. The summed E-state index contributed by atoms with van der Waals surface area (Å²) in [4.78, 5) is 12.2. The van der Waals surface area contributed by atoms with Gasteiger partial charge < -0.3 is 15.8 Å². The first-order valence-electron chi connectivity index (χ1n) is 6.40. The third-order valence-corrected chi connectivity index (χ3v) is 4.61. The average Bonchev–Trinajstić information content (AvgIpc) is 2.78. The lowest BCUT2D eigenvalue weighted by Gasteiger charge is -2.40. The monoisotopic (exact) mass is 224 g/mol. The molecule has 90 valence electrons. The van der Waals surface area contributed by atoms with Crippen molar-refractivity contribution in [1.29, 1.82) is 0 Å². The van der Waals surface area contributed by atoms with E-state index < -0.39 is 0 Å². The smallest absolute Gasteiger partial charge is 0.227 e. The van der Waals surface area contributed by atoms with Crippen LogP contribution in [0.5, 0.6) is 0 Å². The highest BCUT2D eigenvalue weighted by molar-refractivity contribution is 5.84. The molecule has 0 aromatic rings. The number of nitrogens with one attached hydrogen (secondary N) is 1. The van der Waals surface area contributed by atoms with Crippen LogP contribution in [0.4, 0.5) is 0 Å². The molecule has 1 amide bonds. The van der Waals surface area contributed by atoms with Gasteiger partial charge in [-0.05, 0) is 32.1 Å². The Morgan fingerprint density at radius 1 is 1.44 bits per heavy atom. The molecule has 4 heteroatoms. The molecule has 3 unspecified atom stereocenters. The van der Waals surface area contributed by atoms with E-state index in [0.29, 0.717) is 12.6 Å². The average molecular weight is 224 g/mol. The van der Waals surface area contributed by atoms with Gasteiger partial charge in [0.1, 0.15) is 0 Å². The van der Waals surface area contributed by atoms with Crippen molar-refractivity contribution in [3.63, 3.8) is 0 Å². The van der Waals surface area contributed by atoms with E-state index in [1.807, 2.05) is 0 Å². The Kier molecular flexibility index (Phi) is 2.44. The van der Waals surface area contributed by atoms with Crippen molar-refractivity contribution in [2.75, 3.05) is 6.54 Å². The molecule has 1 saturated carbocycles. The van der Waals surface area contributed by atoms with Crippen molar-refractivity contribution >= 4 is 5.91 Å². The Balaban J connectivity index is 1.60. The van der Waals surface area contributed by atoms with Crippen LogP contribution in [0.3, 0.4) is 0 Å². The molecule has 0 aromatic heterocycles. The second-order valence-corrected chi connectivity index (χ2v) is 5.53. The van der Waals surface area contributed by atoms with Gasteiger partial charge in [0, 0.05) is 6.54 Å². The van der Waals surface area contributed by atoms with Gasteiger partial charge in [-0.1, -0.05) is 6.42 Å². The first-order chi connectivity index (χ1) is 7.73. The van der Waals surface area contributed by atoms with E-state index in [1.54, 1.807) is 0 Å². The summed E-state index contributed by atoms with van der Waals surface area (Å²) in [5.41, 5.74) is 5.48. The standard InChI is InChI=1S/C12H20N2O2/c13-7-12(4-1-5-12)11(15)14-9-6-8-2-3-10(9)16-8/h8-10H,1-7,13H2,(H,14,15). The van der Waals surface area contributed by atoms with E-state index in [-0.39, 0.29) is 23.5 Å². The fourth-order valence-electron chi connectivity index (χ4n) is 3.24. The summed E-state index contributed by atoms with van der Waals surface area (Å²) >= 11 is 0. The van der Waals surface area contributed by atoms with Gasteiger partial charge in [0.2, 0.25) is 5.91 Å². The number of carbonyl (C=O) groups excluding carboxylic acids is 1. The maximum Gasteiger partial charge on any atom is 0.227 e. The lowest BCUT2D eigenvalue weighted by molar-refractivity contribution is -0.136. The molecule has 3 N–H and O–H groups in total. The third-order valence-electron chi connectivity index (χ3n) is 4.61. The molecule has 4 nitrogen and oxygen atoms in total. The van der Waals surface area contributed by atoms with Gasteiger partial charge in [-0.25, -0.2) is 0 Å². The first kappa shape index (κ1) is 10.5. The van der Waals surface area contributed by atoms with Crippen LogP contribution in [0.25, 0.3) is 0 Å². The summed E-state index contributed by atoms with van der Waals surface area (Å²) in [7, 11) is 0. The number of carbonyl (C=O) groups is 1. The molecule has 0 radical (unpaired) electrons. The summed E-state index contributed by atoms with van der Waals surface area (Å²) < 4.78 is 5.74. The van der Waals surface area contributed by atoms with Gasteiger partial charge >= 0.3 is 0 Å². The first-order valence-corrected chi connectivity index (χ1v) is 6.40. The fraction of sp³-hybridized carbons (Fsp3) is 0.917. The van der Waals surface area contributed by atoms with Gasteiger partial charge in [-0.15, -0.1) is 0 Å². The molecular weight excluding hydrogens is 204 g/mol. The van der Waals surface area contributed by atoms with E-state index in [2.05, 4.69) is 5.32 Å². The molecule has 3 atom stereocenters. The predicted molar refractivity (Wildman–Crippen MR) is 59.8 cm³/mol. The maximum atomic E-state index is 12.2. The van der Waals surface area contributed by atoms with Crippen LogP contribution in [-0.2, 0) is 9.53 Å². The van der Waals surface area contributed by atoms with Crippen molar-refractivity contribution in [2.45, 2.75) is 56.8 Å². The number of hydrogen-bond acceptors (Lipinski definition) is 3. The Labute approximate surface area is 95.9 Å². The fourth-order valence-corrected chi connectivity index (χ4v) is 3.24. The van der Waals surface area contributed by atoms with E-state index in [0.717, 1.165) is 32.1 Å². The Morgan fingerprint density at radius 2 is 2.25 bits per heavy atom. The molecule has 3 rings (SSSR count). The van der Waals surface area contributed by atoms with Crippen LogP contribution >= 0.6 is 0 Å². The lowest BCUT2D eigenvalue weighted by atomic mass is 9.68. The molecule has 2 heterocycles. The minimum atomic E-state index is -0.248. The summed E-state index contributed by atoms with van der Waals surface area (Å²) in [6, 6.07) is 0.246. The molecule has 3 fully saturated rings. The second kappa shape index (κ2) is 3.70. The van der Waals surface area contributed by atoms with Gasteiger partial charge in [-0.3, -0.25) is 4.79 Å². The van der Waals surface area contributed by atoms with Crippen molar-refractivity contribution in [3.8, 4) is 0 Å². The molecule has 2 aliphatic heterocycles. The minimum absolute atomic E-state index is 0.169. The Bertz CT molecular complexity index is 296. The zero-order chi connectivity index (χ0) is 11.2. The molecule has 0 aromatic carbocycles. The second-order valence-electron chi connectivity index (χ2n) is 5.53. The molecule has 3 aliphatic rings. The highest BCUT2D eigenvalue weighted by Gasteiger charge is 2.47. The number of ether oxygens (including phenoxy) is 1. The van der Waals surface area contributed by atoms with Crippen molar-refractivity contribution in [2.24, 2.45) is 11.1 Å². The molecule has 1 aliphatic carbocycles. The number of amides is 1. The van der Waals surface area contributed by atoms with Gasteiger partial charge in [0.25, 0.3) is 0 Å². The highest BCUT2D eigenvalue weighted by atomic mass is 16.5. The van der Waals surface area contributed by atoms with Gasteiger partial charge in [-0.2, -0.15) is 0 Å². The van der Waals surface area contributed by atoms with Crippen LogP contribution in [0, 0.1) is 5.41 Å². The van der Waals surface area contributed by atoms with Crippen molar-refractivity contribution in [1.82, 2.24) is 5.32 Å². The van der Waals surface area contributed by atoms with Crippen LogP contribution in [0.15, 0.2) is 0 Å². The summed E-state index contributed by atoms with van der Waals surface area (Å²) in [5, 5.41) is 3.16. The molecular formula is C12H20N2O2. The number of hydrogen-bond donors (Lipinski definition) is 2. The van der Waals surface area contributed by atoms with Gasteiger partial charge in [0.05, 0.1) is 23.7 Å². The summed E-state index contributed by atoms with van der Waals surface area (Å²) in [5.74, 6) is 0.169. The van der Waals surface area contributed by atoms with Crippen molar-refractivity contribution in [3.05, 3.63) is 0 Å². The zero-order valence-corrected chi connectivity index (χ0v) is 9.58. The van der Waals surface area contributed by atoms with Crippen LogP contribution in [0.1, 0.15) is 38.5 Å². The maximum absolute atomic E-state index is 12.2. The van der Waals surface area contributed by atoms with Gasteiger partial charge in [0.15, 0.2) is 0 Å².